The van der Waals surface area contributed by atoms with Gasteiger partial charge in [0.2, 0.25) is 0 Å². The van der Waals surface area contributed by atoms with E-state index in [1.54, 1.807) is 0 Å². The van der Waals surface area contributed by atoms with E-state index in [0.717, 1.165) is 13.0 Å². The molecule has 0 bridgehead atoms. The maximum Gasteiger partial charge on any atom is 0.0598 e. The van der Waals surface area contributed by atoms with Gasteiger partial charge in [-0.15, -0.1) is 0 Å². The molecule has 0 aliphatic carbocycles. The molecule has 0 aromatic rings. The van der Waals surface area contributed by atoms with Crippen LogP contribution in [-0.4, -0.2) is 25.8 Å². The Morgan fingerprint density at radius 1 is 1.06 bits per heavy atom. The van der Waals surface area contributed by atoms with Gasteiger partial charge in [-0.1, -0.05) is 34.6 Å². The van der Waals surface area contributed by atoms with Gasteiger partial charge in [-0.2, -0.15) is 0 Å². The molecule has 2 atom stereocenters. The van der Waals surface area contributed by atoms with Crippen LogP contribution in [0.25, 0.3) is 0 Å². The van der Waals surface area contributed by atoms with Crippen molar-refractivity contribution in [2.75, 3.05) is 13.7 Å². The van der Waals surface area contributed by atoms with Gasteiger partial charge in [0.25, 0.3) is 0 Å². The van der Waals surface area contributed by atoms with Crippen LogP contribution in [0, 0.1) is 10.8 Å². The van der Waals surface area contributed by atoms with Gasteiger partial charge < -0.3 is 10.1 Å². The Labute approximate surface area is 109 Å². The Balaban J connectivity index is 4.07. The molecule has 0 saturated carbocycles. The molecule has 104 valence electrons. The highest BCUT2D eigenvalue weighted by atomic mass is 16.5. The summed E-state index contributed by atoms with van der Waals surface area (Å²) in [5.41, 5.74) is 0.598. The lowest BCUT2D eigenvalue weighted by atomic mass is 9.73. The lowest BCUT2D eigenvalue weighted by molar-refractivity contribution is -0.0326. The van der Waals surface area contributed by atoms with Gasteiger partial charge in [-0.25, -0.2) is 0 Å². The van der Waals surface area contributed by atoms with Crippen LogP contribution in [0.5, 0.6) is 0 Å². The van der Waals surface area contributed by atoms with Crippen molar-refractivity contribution in [1.29, 1.82) is 0 Å². The molecule has 0 aromatic carbocycles. The topological polar surface area (TPSA) is 21.3 Å². The average molecular weight is 243 g/mol. The van der Waals surface area contributed by atoms with Gasteiger partial charge in [0.15, 0.2) is 0 Å². The zero-order valence-corrected chi connectivity index (χ0v) is 13.2. The first kappa shape index (κ1) is 16.9. The smallest absolute Gasteiger partial charge is 0.0598 e. The summed E-state index contributed by atoms with van der Waals surface area (Å²) in [6.07, 6.45) is 2.57. The molecule has 1 N–H and O–H groups in total. The van der Waals surface area contributed by atoms with Crippen LogP contribution in [0.1, 0.15) is 61.3 Å². The number of rotatable bonds is 7. The average Bonchev–Trinajstić information content (AvgIpc) is 2.13. The molecule has 0 heterocycles. The standard InChI is InChI=1S/C15H33NO/c1-12(16-8)9-10-17-13(2)15(6,7)11-14(3,4)5/h12-13,16H,9-11H2,1-8H3. The Morgan fingerprint density at radius 3 is 2.00 bits per heavy atom. The minimum atomic E-state index is 0.237. The van der Waals surface area contributed by atoms with Crippen LogP contribution in [0.15, 0.2) is 0 Å². The highest BCUT2D eigenvalue weighted by Crippen LogP contribution is 2.36. The molecule has 0 rings (SSSR count). The van der Waals surface area contributed by atoms with Crippen LogP contribution < -0.4 is 5.32 Å². The van der Waals surface area contributed by atoms with Crippen molar-refractivity contribution in [3.8, 4) is 0 Å². The Bertz CT molecular complexity index is 205. The number of hydrogen-bond acceptors (Lipinski definition) is 2. The highest BCUT2D eigenvalue weighted by molar-refractivity contribution is 4.81. The van der Waals surface area contributed by atoms with Crippen molar-refractivity contribution in [3.05, 3.63) is 0 Å². The molecule has 0 spiro atoms. The quantitative estimate of drug-likeness (QED) is 0.733. The minimum Gasteiger partial charge on any atom is -0.378 e. The monoisotopic (exact) mass is 243 g/mol. The summed E-state index contributed by atoms with van der Waals surface area (Å²) in [5.74, 6) is 0. The SMILES string of the molecule is CNC(C)CCOC(C)C(C)(C)CC(C)(C)C. The van der Waals surface area contributed by atoms with Gasteiger partial charge in [-0.05, 0) is 44.6 Å². The van der Waals surface area contributed by atoms with E-state index in [9.17, 15) is 0 Å². The zero-order valence-electron chi connectivity index (χ0n) is 13.2. The highest BCUT2D eigenvalue weighted by Gasteiger charge is 2.31. The van der Waals surface area contributed by atoms with E-state index in [1.165, 1.54) is 6.42 Å². The second kappa shape index (κ2) is 6.75. The van der Waals surface area contributed by atoms with E-state index >= 15 is 0 Å². The summed E-state index contributed by atoms with van der Waals surface area (Å²) >= 11 is 0. The minimum absolute atomic E-state index is 0.237. The normalized spacial score (nSPS) is 16.9. The third kappa shape index (κ3) is 7.77. The molecule has 0 aliphatic rings. The first-order chi connectivity index (χ1) is 7.58. The van der Waals surface area contributed by atoms with Gasteiger partial charge >= 0.3 is 0 Å². The van der Waals surface area contributed by atoms with Crippen LogP contribution in [0.4, 0.5) is 0 Å². The Kier molecular flexibility index (Phi) is 6.71. The molecule has 0 saturated heterocycles. The predicted octanol–water partition coefficient (Wildman–Crippen LogP) is 3.85. The van der Waals surface area contributed by atoms with E-state index < -0.39 is 0 Å². The van der Waals surface area contributed by atoms with Gasteiger partial charge in [0.1, 0.15) is 0 Å². The van der Waals surface area contributed by atoms with Crippen LogP contribution >= 0.6 is 0 Å². The second-order valence-corrected chi connectivity index (χ2v) is 7.22. The van der Waals surface area contributed by atoms with E-state index in [2.05, 4.69) is 53.8 Å². The number of ether oxygens (including phenoxy) is 1. The van der Waals surface area contributed by atoms with Crippen LogP contribution in [0.2, 0.25) is 0 Å². The summed E-state index contributed by atoms with van der Waals surface area (Å²) in [6, 6.07) is 0.535. The van der Waals surface area contributed by atoms with Crippen molar-refractivity contribution in [2.45, 2.75) is 73.5 Å². The predicted molar refractivity (Wildman–Crippen MR) is 76.4 cm³/mol. The molecular formula is C15H33NO. The van der Waals surface area contributed by atoms with E-state index in [-0.39, 0.29) is 5.41 Å². The summed E-state index contributed by atoms with van der Waals surface area (Å²) in [6.45, 7) is 16.7. The fourth-order valence-electron chi connectivity index (χ4n) is 2.30. The van der Waals surface area contributed by atoms with Gasteiger partial charge in [-0.3, -0.25) is 0 Å². The van der Waals surface area contributed by atoms with Gasteiger partial charge in [0.05, 0.1) is 6.10 Å². The van der Waals surface area contributed by atoms with E-state index in [1.807, 2.05) is 7.05 Å². The van der Waals surface area contributed by atoms with Gasteiger partial charge in [0, 0.05) is 12.6 Å². The maximum atomic E-state index is 5.99. The molecule has 0 aliphatic heterocycles. The summed E-state index contributed by atoms with van der Waals surface area (Å²) in [7, 11) is 2.00. The lowest BCUT2D eigenvalue weighted by Gasteiger charge is -2.37. The Hall–Kier alpha value is -0.0800. The molecule has 2 heteroatoms. The first-order valence-electron chi connectivity index (χ1n) is 6.87. The fraction of sp³-hybridized carbons (Fsp3) is 1.00. The molecule has 17 heavy (non-hydrogen) atoms. The van der Waals surface area contributed by atoms with Crippen LogP contribution in [-0.2, 0) is 4.74 Å². The Morgan fingerprint density at radius 2 is 1.59 bits per heavy atom. The van der Waals surface area contributed by atoms with Crippen molar-refractivity contribution >= 4 is 0 Å². The van der Waals surface area contributed by atoms with E-state index in [4.69, 9.17) is 4.74 Å². The van der Waals surface area contributed by atoms with Crippen molar-refractivity contribution in [2.24, 2.45) is 10.8 Å². The second-order valence-electron chi connectivity index (χ2n) is 7.22. The van der Waals surface area contributed by atoms with Crippen LogP contribution in [0.3, 0.4) is 0 Å². The molecule has 2 unspecified atom stereocenters. The van der Waals surface area contributed by atoms with Crippen molar-refractivity contribution < 1.29 is 4.74 Å². The molecule has 0 fully saturated rings. The summed E-state index contributed by atoms with van der Waals surface area (Å²) in [4.78, 5) is 0. The maximum absolute atomic E-state index is 5.99. The number of nitrogens with one attached hydrogen (secondary N) is 1. The third-order valence-corrected chi connectivity index (χ3v) is 3.50. The third-order valence-electron chi connectivity index (χ3n) is 3.50. The van der Waals surface area contributed by atoms with E-state index in [0.29, 0.717) is 17.6 Å². The molecular weight excluding hydrogens is 210 g/mol. The largest absolute Gasteiger partial charge is 0.378 e. The summed E-state index contributed by atoms with van der Waals surface area (Å²) < 4.78 is 5.99. The molecule has 0 radical (unpaired) electrons. The molecule has 0 amide bonds. The lowest BCUT2D eigenvalue weighted by Crippen LogP contribution is -2.34. The zero-order chi connectivity index (χ0) is 13.7. The van der Waals surface area contributed by atoms with Crippen molar-refractivity contribution in [3.63, 3.8) is 0 Å². The van der Waals surface area contributed by atoms with Crippen molar-refractivity contribution in [1.82, 2.24) is 5.32 Å². The molecule has 0 aromatic heterocycles. The number of hydrogen-bond donors (Lipinski definition) is 1. The summed E-state index contributed by atoms with van der Waals surface area (Å²) in [5, 5.41) is 3.24. The fourth-order valence-corrected chi connectivity index (χ4v) is 2.30. The molecule has 2 nitrogen and oxygen atoms in total. The first-order valence-corrected chi connectivity index (χ1v) is 6.87.